The van der Waals surface area contributed by atoms with Gasteiger partial charge in [-0.2, -0.15) is 0 Å². The molecule has 1 aromatic carbocycles. The fourth-order valence-electron chi connectivity index (χ4n) is 2.34. The summed E-state index contributed by atoms with van der Waals surface area (Å²) in [4.78, 5) is 26.1. The van der Waals surface area contributed by atoms with Crippen LogP contribution in [0.5, 0.6) is 11.5 Å². The Bertz CT molecular complexity index is 792. The third-order valence-corrected chi connectivity index (χ3v) is 4.11. The van der Waals surface area contributed by atoms with E-state index in [0.717, 1.165) is 0 Å². The van der Waals surface area contributed by atoms with Crippen LogP contribution in [0.1, 0.15) is 19.4 Å². The van der Waals surface area contributed by atoms with Crippen molar-refractivity contribution in [3.63, 3.8) is 0 Å². The van der Waals surface area contributed by atoms with Crippen molar-refractivity contribution in [3.8, 4) is 11.5 Å². The summed E-state index contributed by atoms with van der Waals surface area (Å²) in [6.45, 7) is 8.35. The number of hydrogen-bond donors (Lipinski definition) is 1. The molecule has 0 unspecified atom stereocenters. The van der Waals surface area contributed by atoms with Gasteiger partial charge in [-0.25, -0.2) is 0 Å². The minimum atomic E-state index is -0.580. The van der Waals surface area contributed by atoms with E-state index in [9.17, 15) is 9.59 Å². The predicted molar refractivity (Wildman–Crippen MR) is 104 cm³/mol. The van der Waals surface area contributed by atoms with Crippen molar-refractivity contribution in [2.45, 2.75) is 13.8 Å². The highest BCUT2D eigenvalue weighted by Crippen LogP contribution is 2.35. The number of hydrogen-bond acceptors (Lipinski definition) is 5. The summed E-state index contributed by atoms with van der Waals surface area (Å²) in [5.74, 6) is -0.118. The highest BCUT2D eigenvalue weighted by atomic mass is 35.5. The van der Waals surface area contributed by atoms with Gasteiger partial charge in [-0.15, -0.1) is 6.58 Å². The van der Waals surface area contributed by atoms with Crippen LogP contribution in [0.2, 0.25) is 5.02 Å². The molecular weight excluding hydrogens is 376 g/mol. The first kappa shape index (κ1) is 19.9. The van der Waals surface area contributed by atoms with Crippen molar-refractivity contribution in [1.29, 1.82) is 0 Å². The molecule has 1 N–H and O–H groups in total. The number of carbonyl (C=O) groups excluding carboxylic acids is 2. The molecule has 0 saturated carbocycles. The third-order valence-electron chi connectivity index (χ3n) is 3.46. The number of nitrogens with zero attached hydrogens (tertiary/aromatic N) is 1. The molecule has 2 rings (SSSR count). The SMILES string of the molecule is C=CCN1C(=O)/C(=C/c2cc(OCC)c(OCC)cc2Cl)C(=O)NC1=S. The van der Waals surface area contributed by atoms with Crippen LogP contribution in [0, 0.1) is 0 Å². The Hall–Kier alpha value is -2.38. The highest BCUT2D eigenvalue weighted by molar-refractivity contribution is 7.80. The minimum Gasteiger partial charge on any atom is -0.490 e. The van der Waals surface area contributed by atoms with E-state index in [1.54, 1.807) is 12.1 Å². The van der Waals surface area contributed by atoms with E-state index in [4.69, 9.17) is 33.3 Å². The van der Waals surface area contributed by atoms with Crippen molar-refractivity contribution in [2.24, 2.45) is 0 Å². The molecule has 8 heteroatoms. The van der Waals surface area contributed by atoms with E-state index in [1.807, 2.05) is 13.8 Å². The van der Waals surface area contributed by atoms with Crippen LogP contribution >= 0.6 is 23.8 Å². The highest BCUT2D eigenvalue weighted by Gasteiger charge is 2.32. The molecule has 0 bridgehead atoms. The number of carbonyl (C=O) groups is 2. The molecule has 6 nitrogen and oxygen atoms in total. The maximum Gasteiger partial charge on any atom is 0.265 e. The average Bonchev–Trinajstić information content (AvgIpc) is 2.59. The zero-order valence-electron chi connectivity index (χ0n) is 14.5. The molecule has 0 spiro atoms. The van der Waals surface area contributed by atoms with Crippen LogP contribution in [0.15, 0.2) is 30.4 Å². The summed E-state index contributed by atoms with van der Waals surface area (Å²) in [5, 5.41) is 2.86. The number of thiocarbonyl (C=S) groups is 1. The van der Waals surface area contributed by atoms with Crippen LogP contribution in [-0.4, -0.2) is 41.6 Å². The standard InChI is InChI=1S/C18H19ClN2O4S/c1-4-7-21-17(23)12(16(22)20-18(21)26)8-11-9-14(24-5-2)15(25-6-3)10-13(11)19/h4,8-10H,1,5-7H2,2-3H3,(H,20,22,26)/b12-8+. The Morgan fingerprint density at radius 1 is 1.23 bits per heavy atom. The van der Waals surface area contributed by atoms with E-state index in [1.165, 1.54) is 17.1 Å². The Morgan fingerprint density at radius 2 is 1.85 bits per heavy atom. The third kappa shape index (κ3) is 4.23. The van der Waals surface area contributed by atoms with Gasteiger partial charge in [0.2, 0.25) is 0 Å². The summed E-state index contributed by atoms with van der Waals surface area (Å²) in [7, 11) is 0. The maximum absolute atomic E-state index is 12.6. The van der Waals surface area contributed by atoms with Gasteiger partial charge in [-0.3, -0.25) is 19.8 Å². The first-order valence-corrected chi connectivity index (χ1v) is 8.80. The quantitative estimate of drug-likeness (QED) is 0.333. The molecule has 1 aliphatic heterocycles. The van der Waals surface area contributed by atoms with Gasteiger partial charge in [-0.05, 0) is 43.8 Å². The van der Waals surface area contributed by atoms with Crippen LogP contribution in [-0.2, 0) is 9.59 Å². The van der Waals surface area contributed by atoms with Crippen LogP contribution in [0.25, 0.3) is 6.08 Å². The van der Waals surface area contributed by atoms with Crippen molar-refractivity contribution in [2.75, 3.05) is 19.8 Å². The van der Waals surface area contributed by atoms with E-state index < -0.39 is 11.8 Å². The smallest absolute Gasteiger partial charge is 0.265 e. The summed E-state index contributed by atoms with van der Waals surface area (Å²) in [6, 6.07) is 3.23. The van der Waals surface area contributed by atoms with E-state index in [2.05, 4.69) is 11.9 Å². The molecule has 1 aromatic rings. The zero-order chi connectivity index (χ0) is 19.3. The van der Waals surface area contributed by atoms with E-state index >= 15 is 0 Å². The van der Waals surface area contributed by atoms with E-state index in [0.29, 0.717) is 35.3 Å². The summed E-state index contributed by atoms with van der Waals surface area (Å²) >= 11 is 11.3. The molecular formula is C18H19ClN2O4S. The first-order valence-electron chi connectivity index (χ1n) is 8.01. The lowest BCUT2D eigenvalue weighted by atomic mass is 10.1. The molecule has 1 saturated heterocycles. The molecule has 0 aliphatic carbocycles. The van der Waals surface area contributed by atoms with Gasteiger partial charge < -0.3 is 9.47 Å². The molecule has 1 aliphatic rings. The maximum atomic E-state index is 12.6. The van der Waals surface area contributed by atoms with Crippen molar-refractivity contribution < 1.29 is 19.1 Å². The number of amides is 2. The average molecular weight is 395 g/mol. The number of benzene rings is 1. The van der Waals surface area contributed by atoms with Crippen LogP contribution < -0.4 is 14.8 Å². The monoisotopic (exact) mass is 394 g/mol. The van der Waals surface area contributed by atoms with Gasteiger partial charge in [0.15, 0.2) is 16.6 Å². The molecule has 1 heterocycles. The van der Waals surface area contributed by atoms with Gasteiger partial charge in [0, 0.05) is 12.6 Å². The van der Waals surface area contributed by atoms with Crippen LogP contribution in [0.3, 0.4) is 0 Å². The van der Waals surface area contributed by atoms with Crippen LogP contribution in [0.4, 0.5) is 0 Å². The largest absolute Gasteiger partial charge is 0.490 e. The Labute approximate surface area is 162 Å². The summed E-state index contributed by atoms with van der Waals surface area (Å²) < 4.78 is 11.1. The van der Waals surface area contributed by atoms with Crippen molar-refractivity contribution in [3.05, 3.63) is 40.9 Å². The lowest BCUT2D eigenvalue weighted by molar-refractivity contribution is -0.128. The summed E-state index contributed by atoms with van der Waals surface area (Å²) in [5.41, 5.74) is 0.386. The minimum absolute atomic E-state index is 0.0462. The lowest BCUT2D eigenvalue weighted by Crippen LogP contribution is -2.53. The number of nitrogens with one attached hydrogen (secondary N) is 1. The first-order chi connectivity index (χ1) is 12.4. The fraction of sp³-hybridized carbons (Fsp3) is 0.278. The van der Waals surface area contributed by atoms with E-state index in [-0.39, 0.29) is 17.2 Å². The molecule has 2 amide bonds. The van der Waals surface area contributed by atoms with Gasteiger partial charge in [-0.1, -0.05) is 17.7 Å². The van der Waals surface area contributed by atoms with Crippen molar-refractivity contribution in [1.82, 2.24) is 10.2 Å². The molecule has 0 aromatic heterocycles. The van der Waals surface area contributed by atoms with Crippen molar-refractivity contribution >= 4 is 46.8 Å². The Balaban J connectivity index is 2.48. The van der Waals surface area contributed by atoms with Gasteiger partial charge in [0.1, 0.15) is 5.57 Å². The molecule has 0 atom stereocenters. The normalized spacial score (nSPS) is 15.9. The topological polar surface area (TPSA) is 67.9 Å². The summed E-state index contributed by atoms with van der Waals surface area (Å²) in [6.07, 6.45) is 2.94. The molecule has 1 fully saturated rings. The molecule has 26 heavy (non-hydrogen) atoms. The second-order valence-corrected chi connectivity index (χ2v) is 6.00. The molecule has 138 valence electrons. The zero-order valence-corrected chi connectivity index (χ0v) is 16.1. The Morgan fingerprint density at radius 3 is 2.42 bits per heavy atom. The van der Waals surface area contributed by atoms with Gasteiger partial charge >= 0.3 is 0 Å². The van der Waals surface area contributed by atoms with Gasteiger partial charge in [0.25, 0.3) is 11.8 Å². The Kier molecular flexibility index (Phi) is 6.76. The molecule has 0 radical (unpaired) electrons. The predicted octanol–water partition coefficient (Wildman–Crippen LogP) is 2.95. The lowest BCUT2D eigenvalue weighted by Gasteiger charge is -2.27. The number of rotatable bonds is 7. The number of halogens is 1. The second-order valence-electron chi connectivity index (χ2n) is 5.21. The van der Waals surface area contributed by atoms with Gasteiger partial charge in [0.05, 0.1) is 18.2 Å². The second kappa shape index (κ2) is 8.82. The fourth-order valence-corrected chi connectivity index (χ4v) is 2.80. The number of ether oxygens (including phenoxy) is 2.